The SMILES string of the molecule is CCNC(=O)C(CC)N(Cc1ccc(C)cc1)C(=O)CCCN(c1ccc(OC)cc1)S(C)(=O)=O. The van der Waals surface area contributed by atoms with E-state index in [1.54, 1.807) is 36.3 Å². The van der Waals surface area contributed by atoms with Crippen molar-refractivity contribution in [2.45, 2.75) is 52.6 Å². The Hall–Kier alpha value is -3.07. The molecule has 0 heterocycles. The summed E-state index contributed by atoms with van der Waals surface area (Å²) in [6.07, 6.45) is 2.05. The van der Waals surface area contributed by atoms with Crippen molar-refractivity contribution in [2.75, 3.05) is 30.8 Å². The lowest BCUT2D eigenvalue weighted by molar-refractivity contribution is -0.141. The van der Waals surface area contributed by atoms with Crippen LogP contribution >= 0.6 is 0 Å². The number of ether oxygens (including phenoxy) is 1. The Morgan fingerprint density at radius 1 is 1.03 bits per heavy atom. The standard InChI is InChI=1S/C26H37N3O5S/c1-6-24(26(31)27-7-2)28(19-21-12-10-20(3)11-13-21)25(30)9-8-18-29(35(5,32)33)22-14-16-23(34-4)17-15-22/h10-17,24H,6-9,18-19H2,1-5H3,(H,27,31). The Balaban J connectivity index is 2.18. The zero-order chi connectivity index (χ0) is 26.0. The number of aryl methyl sites for hydroxylation is 1. The third-order valence-electron chi connectivity index (χ3n) is 5.72. The Bertz CT molecular complexity index is 1070. The number of anilines is 1. The molecule has 0 spiro atoms. The fraction of sp³-hybridized carbons (Fsp3) is 0.462. The van der Waals surface area contributed by atoms with Crippen LogP contribution in [0.3, 0.4) is 0 Å². The number of hydrogen-bond donors (Lipinski definition) is 1. The van der Waals surface area contributed by atoms with E-state index in [0.29, 0.717) is 37.4 Å². The second-order valence-electron chi connectivity index (χ2n) is 8.46. The van der Waals surface area contributed by atoms with Crippen LogP contribution in [-0.4, -0.2) is 57.6 Å². The van der Waals surface area contributed by atoms with E-state index in [4.69, 9.17) is 4.74 Å². The molecule has 1 N–H and O–H groups in total. The highest BCUT2D eigenvalue weighted by atomic mass is 32.2. The van der Waals surface area contributed by atoms with E-state index in [0.717, 1.165) is 17.4 Å². The van der Waals surface area contributed by atoms with Gasteiger partial charge in [-0.25, -0.2) is 8.42 Å². The monoisotopic (exact) mass is 503 g/mol. The van der Waals surface area contributed by atoms with Gasteiger partial charge in [0.2, 0.25) is 21.8 Å². The molecule has 1 atom stereocenters. The average molecular weight is 504 g/mol. The van der Waals surface area contributed by atoms with Gasteiger partial charge in [0.25, 0.3) is 0 Å². The molecule has 0 aliphatic rings. The Morgan fingerprint density at radius 3 is 2.17 bits per heavy atom. The number of likely N-dealkylation sites (N-methyl/N-ethyl adjacent to an activating group) is 1. The van der Waals surface area contributed by atoms with Gasteiger partial charge in [0.05, 0.1) is 19.1 Å². The molecule has 0 radical (unpaired) electrons. The normalized spacial score (nSPS) is 12.0. The van der Waals surface area contributed by atoms with Crippen LogP contribution in [-0.2, 0) is 26.2 Å². The topological polar surface area (TPSA) is 96.0 Å². The van der Waals surface area contributed by atoms with Gasteiger partial charge in [0.1, 0.15) is 11.8 Å². The molecule has 0 aromatic heterocycles. The van der Waals surface area contributed by atoms with Crippen LogP contribution in [0.1, 0.15) is 44.2 Å². The summed E-state index contributed by atoms with van der Waals surface area (Å²) in [6.45, 7) is 6.65. The fourth-order valence-corrected chi connectivity index (χ4v) is 4.82. The molecule has 35 heavy (non-hydrogen) atoms. The summed E-state index contributed by atoms with van der Waals surface area (Å²) >= 11 is 0. The van der Waals surface area contributed by atoms with Crippen molar-refractivity contribution in [2.24, 2.45) is 0 Å². The number of carbonyl (C=O) groups is 2. The summed E-state index contributed by atoms with van der Waals surface area (Å²) < 4.78 is 31.3. The van der Waals surface area contributed by atoms with Crippen LogP contribution < -0.4 is 14.4 Å². The number of rotatable bonds is 13. The number of hydrogen-bond acceptors (Lipinski definition) is 5. The highest BCUT2D eigenvalue weighted by Gasteiger charge is 2.28. The van der Waals surface area contributed by atoms with Crippen LogP contribution in [0, 0.1) is 6.92 Å². The van der Waals surface area contributed by atoms with Gasteiger partial charge in [-0.2, -0.15) is 0 Å². The van der Waals surface area contributed by atoms with E-state index in [-0.39, 0.29) is 24.8 Å². The van der Waals surface area contributed by atoms with E-state index in [2.05, 4.69) is 5.32 Å². The number of carbonyl (C=O) groups excluding carboxylic acids is 2. The van der Waals surface area contributed by atoms with Crippen molar-refractivity contribution < 1.29 is 22.7 Å². The van der Waals surface area contributed by atoms with Crippen LogP contribution in [0.4, 0.5) is 5.69 Å². The minimum Gasteiger partial charge on any atom is -0.497 e. The average Bonchev–Trinajstić information content (AvgIpc) is 2.82. The predicted molar refractivity (Wildman–Crippen MR) is 139 cm³/mol. The summed E-state index contributed by atoms with van der Waals surface area (Å²) in [5, 5.41) is 2.82. The molecule has 0 saturated heterocycles. The lowest BCUT2D eigenvalue weighted by Crippen LogP contribution is -2.49. The van der Waals surface area contributed by atoms with E-state index >= 15 is 0 Å². The molecule has 0 aliphatic carbocycles. The lowest BCUT2D eigenvalue weighted by Gasteiger charge is -2.31. The van der Waals surface area contributed by atoms with Crippen LogP contribution in [0.2, 0.25) is 0 Å². The highest BCUT2D eigenvalue weighted by Crippen LogP contribution is 2.22. The second-order valence-corrected chi connectivity index (χ2v) is 10.4. The number of amides is 2. The molecule has 0 bridgehead atoms. The smallest absolute Gasteiger partial charge is 0.242 e. The van der Waals surface area contributed by atoms with E-state index in [9.17, 15) is 18.0 Å². The van der Waals surface area contributed by atoms with Crippen LogP contribution in [0.5, 0.6) is 5.75 Å². The molecule has 2 rings (SSSR count). The molecule has 9 heteroatoms. The first-order valence-electron chi connectivity index (χ1n) is 11.8. The zero-order valence-corrected chi connectivity index (χ0v) is 22.1. The second kappa shape index (κ2) is 13.1. The number of sulfonamides is 1. The maximum Gasteiger partial charge on any atom is 0.242 e. The van der Waals surface area contributed by atoms with Crippen molar-refractivity contribution in [3.63, 3.8) is 0 Å². The predicted octanol–water partition coefficient (Wildman–Crippen LogP) is 3.49. The maximum absolute atomic E-state index is 13.3. The van der Waals surface area contributed by atoms with Crippen LogP contribution in [0.25, 0.3) is 0 Å². The minimum absolute atomic E-state index is 0.115. The van der Waals surface area contributed by atoms with Crippen molar-refractivity contribution in [1.29, 1.82) is 0 Å². The van der Waals surface area contributed by atoms with E-state index < -0.39 is 16.1 Å². The number of nitrogens with one attached hydrogen (secondary N) is 1. The van der Waals surface area contributed by atoms with Gasteiger partial charge < -0.3 is 15.0 Å². The minimum atomic E-state index is -3.55. The van der Waals surface area contributed by atoms with Crippen molar-refractivity contribution >= 4 is 27.5 Å². The first kappa shape index (κ1) is 28.2. The summed E-state index contributed by atoms with van der Waals surface area (Å²) in [7, 11) is -2.00. The third kappa shape index (κ3) is 8.28. The number of methoxy groups -OCH3 is 1. The van der Waals surface area contributed by atoms with E-state index in [1.165, 1.54) is 4.31 Å². The van der Waals surface area contributed by atoms with E-state index in [1.807, 2.05) is 45.0 Å². The summed E-state index contributed by atoms with van der Waals surface area (Å²) in [4.78, 5) is 27.7. The summed E-state index contributed by atoms with van der Waals surface area (Å²) in [5.41, 5.74) is 2.55. The Labute approximate surface area is 209 Å². The summed E-state index contributed by atoms with van der Waals surface area (Å²) in [5.74, 6) is 0.249. The van der Waals surface area contributed by atoms with Gasteiger partial charge in [-0.3, -0.25) is 13.9 Å². The largest absolute Gasteiger partial charge is 0.497 e. The molecule has 0 saturated carbocycles. The quantitative estimate of drug-likeness (QED) is 0.451. The van der Waals surface area contributed by atoms with Gasteiger partial charge in [-0.15, -0.1) is 0 Å². The molecule has 2 aromatic carbocycles. The molecule has 0 fully saturated rings. The molecule has 0 aliphatic heterocycles. The van der Waals surface area contributed by atoms with Gasteiger partial charge in [-0.05, 0) is 56.5 Å². The Kier molecular flexibility index (Phi) is 10.6. The molecule has 2 amide bonds. The highest BCUT2D eigenvalue weighted by molar-refractivity contribution is 7.92. The van der Waals surface area contributed by atoms with Crippen molar-refractivity contribution in [3.05, 3.63) is 59.7 Å². The van der Waals surface area contributed by atoms with Crippen LogP contribution in [0.15, 0.2) is 48.5 Å². The third-order valence-corrected chi connectivity index (χ3v) is 6.92. The molecular formula is C26H37N3O5S. The van der Waals surface area contributed by atoms with Gasteiger partial charge in [-0.1, -0.05) is 36.8 Å². The molecule has 1 unspecified atom stereocenters. The molecule has 2 aromatic rings. The van der Waals surface area contributed by atoms with Gasteiger partial charge in [0, 0.05) is 26.1 Å². The first-order valence-corrected chi connectivity index (χ1v) is 13.7. The fourth-order valence-electron chi connectivity index (χ4n) is 3.85. The van der Waals surface area contributed by atoms with Crippen molar-refractivity contribution in [3.8, 4) is 5.75 Å². The molecule has 192 valence electrons. The zero-order valence-electron chi connectivity index (χ0n) is 21.3. The van der Waals surface area contributed by atoms with Crippen molar-refractivity contribution in [1.82, 2.24) is 10.2 Å². The maximum atomic E-state index is 13.3. The first-order chi connectivity index (χ1) is 16.6. The number of benzene rings is 2. The lowest BCUT2D eigenvalue weighted by atomic mass is 10.1. The van der Waals surface area contributed by atoms with Gasteiger partial charge in [0.15, 0.2) is 0 Å². The Morgan fingerprint density at radius 2 is 1.66 bits per heavy atom. The number of nitrogens with zero attached hydrogens (tertiary/aromatic N) is 2. The van der Waals surface area contributed by atoms with Gasteiger partial charge >= 0.3 is 0 Å². The molecule has 8 nitrogen and oxygen atoms in total. The molecular weight excluding hydrogens is 466 g/mol. The summed E-state index contributed by atoms with van der Waals surface area (Å²) in [6, 6.07) is 14.0.